The van der Waals surface area contributed by atoms with Gasteiger partial charge in [0.25, 0.3) is 0 Å². The molecule has 0 atom stereocenters. The number of aromatic nitrogens is 2. The number of nitrogens with zero attached hydrogens (tertiary/aromatic N) is 2. The number of aliphatic carboxylic acids is 2. The summed E-state index contributed by atoms with van der Waals surface area (Å²) >= 11 is 0. The van der Waals surface area contributed by atoms with Crippen LogP contribution < -0.4 is 0 Å². The van der Waals surface area contributed by atoms with Gasteiger partial charge in [-0.3, -0.25) is 9.59 Å². The fourth-order valence-electron chi connectivity index (χ4n) is 5.98. The quantitative estimate of drug-likeness (QED) is 0.139. The molecular formula is C37H36N2O6. The van der Waals surface area contributed by atoms with Crippen molar-refractivity contribution in [1.29, 1.82) is 0 Å². The lowest BCUT2D eigenvalue weighted by Gasteiger charge is -2.15. The van der Waals surface area contributed by atoms with Crippen molar-refractivity contribution < 1.29 is 30.0 Å². The second-order valence-electron chi connectivity index (χ2n) is 11.4. The number of hydrogen-bond donors (Lipinski definition) is 4. The van der Waals surface area contributed by atoms with Gasteiger partial charge in [0.05, 0.1) is 18.4 Å². The molecule has 230 valence electrons. The molecule has 0 spiro atoms. The van der Waals surface area contributed by atoms with Crippen molar-refractivity contribution in [3.05, 3.63) is 131 Å². The fraction of sp³-hybridized carbons (Fsp3) is 0.189. The zero-order valence-electron chi connectivity index (χ0n) is 25.2. The molecule has 2 aromatic heterocycles. The molecule has 0 amide bonds. The maximum absolute atomic E-state index is 11.4. The zero-order chi connectivity index (χ0) is 32.1. The number of phenols is 2. The Hall–Kier alpha value is -5.50. The van der Waals surface area contributed by atoms with E-state index in [9.17, 15) is 24.9 Å². The molecule has 0 aliphatic carbocycles. The van der Waals surface area contributed by atoms with E-state index in [4.69, 9.17) is 5.11 Å². The van der Waals surface area contributed by atoms with Crippen LogP contribution in [0, 0.1) is 0 Å². The van der Waals surface area contributed by atoms with Crippen LogP contribution in [0.4, 0.5) is 0 Å². The van der Waals surface area contributed by atoms with E-state index in [0.717, 1.165) is 38.7 Å². The number of carboxylic acids is 2. The lowest BCUT2D eigenvalue weighted by Crippen LogP contribution is -2.09. The second kappa shape index (κ2) is 13.4. The molecule has 0 bridgehead atoms. The predicted octanol–water partition coefficient (Wildman–Crippen LogP) is 7.17. The van der Waals surface area contributed by atoms with E-state index < -0.39 is 11.9 Å². The third-order valence-electron chi connectivity index (χ3n) is 7.75. The maximum Gasteiger partial charge on any atom is 0.307 e. The Balaban J connectivity index is 0.000000179. The largest absolute Gasteiger partial charge is 0.508 e. The van der Waals surface area contributed by atoms with Crippen molar-refractivity contribution in [2.45, 2.75) is 45.7 Å². The highest BCUT2D eigenvalue weighted by Gasteiger charge is 2.23. The molecule has 0 radical (unpaired) electrons. The van der Waals surface area contributed by atoms with Crippen LogP contribution in [0.3, 0.4) is 0 Å². The molecule has 0 aliphatic heterocycles. The average molecular weight is 605 g/mol. The van der Waals surface area contributed by atoms with E-state index in [2.05, 4.69) is 18.4 Å². The smallest absolute Gasteiger partial charge is 0.307 e. The Bertz CT molecular complexity index is 1960. The van der Waals surface area contributed by atoms with E-state index >= 15 is 0 Å². The van der Waals surface area contributed by atoms with E-state index in [1.54, 1.807) is 24.3 Å². The topological polar surface area (TPSA) is 125 Å². The lowest BCUT2D eigenvalue weighted by molar-refractivity contribution is -0.137. The number of carbonyl (C=O) groups is 2. The van der Waals surface area contributed by atoms with Crippen LogP contribution >= 0.6 is 0 Å². The van der Waals surface area contributed by atoms with Gasteiger partial charge in [-0.05, 0) is 52.4 Å². The number of aromatic hydroxyl groups is 2. The molecule has 0 saturated carbocycles. The molecule has 8 nitrogen and oxygen atoms in total. The Morgan fingerprint density at radius 2 is 1.33 bits per heavy atom. The van der Waals surface area contributed by atoms with Gasteiger partial charge >= 0.3 is 11.9 Å². The van der Waals surface area contributed by atoms with Gasteiger partial charge in [-0.1, -0.05) is 86.6 Å². The molecule has 8 heteroatoms. The Kier molecular flexibility index (Phi) is 9.23. The summed E-state index contributed by atoms with van der Waals surface area (Å²) < 4.78 is 4.07. The van der Waals surface area contributed by atoms with Crippen molar-refractivity contribution >= 4 is 33.7 Å². The van der Waals surface area contributed by atoms with Gasteiger partial charge < -0.3 is 29.6 Å². The van der Waals surface area contributed by atoms with Crippen molar-refractivity contribution in [3.8, 4) is 11.5 Å². The predicted molar refractivity (Wildman–Crippen MR) is 175 cm³/mol. The zero-order valence-corrected chi connectivity index (χ0v) is 25.2. The SMILES string of the molecule is CC(C)c1c(CC(=O)O)c2cccc(O)c2n1Cc1ccccc1.O=C(O)Cc1cn(Cc2ccccc2)c2ccc(O)cc12. The summed E-state index contributed by atoms with van der Waals surface area (Å²) in [6.45, 7) is 5.37. The minimum atomic E-state index is -0.878. The Morgan fingerprint density at radius 3 is 1.93 bits per heavy atom. The summed E-state index contributed by atoms with van der Waals surface area (Å²) in [4.78, 5) is 22.4. The number of benzene rings is 4. The van der Waals surface area contributed by atoms with Gasteiger partial charge in [0.15, 0.2) is 0 Å². The Labute approximate surface area is 261 Å². The van der Waals surface area contributed by atoms with Crippen LogP contribution in [0.2, 0.25) is 0 Å². The molecule has 4 aromatic carbocycles. The minimum absolute atomic E-state index is 0.0464. The molecule has 0 saturated heterocycles. The summed E-state index contributed by atoms with van der Waals surface area (Å²) in [5.74, 6) is -1.26. The minimum Gasteiger partial charge on any atom is -0.508 e. The summed E-state index contributed by atoms with van der Waals surface area (Å²) in [6, 6.07) is 30.3. The number of fused-ring (bicyclic) bond motifs is 2. The number of rotatable bonds is 9. The van der Waals surface area contributed by atoms with Gasteiger partial charge in [-0.25, -0.2) is 0 Å². The molecule has 6 aromatic rings. The van der Waals surface area contributed by atoms with Crippen LogP contribution in [0.1, 0.15) is 47.7 Å². The maximum atomic E-state index is 11.4. The fourth-order valence-corrected chi connectivity index (χ4v) is 5.98. The van der Waals surface area contributed by atoms with Crippen molar-refractivity contribution in [2.75, 3.05) is 0 Å². The lowest BCUT2D eigenvalue weighted by atomic mass is 10.0. The first kappa shape index (κ1) is 30.9. The summed E-state index contributed by atoms with van der Waals surface area (Å²) in [6.07, 6.45) is 1.75. The second-order valence-corrected chi connectivity index (χ2v) is 11.4. The van der Waals surface area contributed by atoms with Gasteiger partial charge in [0, 0.05) is 41.3 Å². The molecule has 6 rings (SSSR count). The molecule has 45 heavy (non-hydrogen) atoms. The van der Waals surface area contributed by atoms with Crippen LogP contribution in [-0.2, 0) is 35.5 Å². The third-order valence-corrected chi connectivity index (χ3v) is 7.75. The van der Waals surface area contributed by atoms with Gasteiger partial charge in [0.1, 0.15) is 11.5 Å². The number of phenolic OH excluding ortho intramolecular Hbond substituents is 2. The summed E-state index contributed by atoms with van der Waals surface area (Å²) in [7, 11) is 0. The van der Waals surface area contributed by atoms with E-state index in [-0.39, 0.29) is 30.3 Å². The molecule has 0 aliphatic rings. The van der Waals surface area contributed by atoms with E-state index in [1.165, 1.54) is 0 Å². The van der Waals surface area contributed by atoms with Crippen LogP contribution in [0.15, 0.2) is 103 Å². The highest BCUT2D eigenvalue weighted by atomic mass is 16.4. The first-order valence-electron chi connectivity index (χ1n) is 14.8. The molecule has 2 heterocycles. The van der Waals surface area contributed by atoms with Crippen molar-refractivity contribution in [2.24, 2.45) is 0 Å². The molecular weight excluding hydrogens is 568 g/mol. The Morgan fingerprint density at radius 1 is 0.711 bits per heavy atom. The van der Waals surface area contributed by atoms with Gasteiger partial charge in [-0.15, -0.1) is 0 Å². The number of hydrogen-bond acceptors (Lipinski definition) is 4. The first-order chi connectivity index (χ1) is 21.6. The van der Waals surface area contributed by atoms with E-state index in [0.29, 0.717) is 24.2 Å². The summed E-state index contributed by atoms with van der Waals surface area (Å²) in [5.41, 5.74) is 6.36. The first-order valence-corrected chi connectivity index (χ1v) is 14.8. The standard InChI is InChI=1S/C20H21NO3.C17H15NO3/c1-13(2)19-16(11-18(23)24)15-9-6-10-17(22)20(15)21(19)12-14-7-4-3-5-8-14;19-14-6-7-16-15(9-14)13(8-17(20)21)11-18(16)10-12-4-2-1-3-5-12/h3-10,13,22H,11-12H2,1-2H3,(H,23,24);1-7,9,11,19H,8,10H2,(H,20,21). The van der Waals surface area contributed by atoms with Crippen molar-refractivity contribution in [1.82, 2.24) is 9.13 Å². The average Bonchev–Trinajstić information content (AvgIpc) is 3.48. The van der Waals surface area contributed by atoms with Crippen LogP contribution in [0.25, 0.3) is 21.8 Å². The monoisotopic (exact) mass is 604 g/mol. The van der Waals surface area contributed by atoms with Crippen LogP contribution in [0.5, 0.6) is 11.5 Å². The molecule has 0 unspecified atom stereocenters. The van der Waals surface area contributed by atoms with Gasteiger partial charge in [0.2, 0.25) is 0 Å². The third kappa shape index (κ3) is 7.02. The number of carboxylic acid groups (broad SMARTS) is 2. The van der Waals surface area contributed by atoms with Crippen molar-refractivity contribution in [3.63, 3.8) is 0 Å². The normalized spacial score (nSPS) is 11.1. The van der Waals surface area contributed by atoms with Gasteiger partial charge in [-0.2, -0.15) is 0 Å². The summed E-state index contributed by atoms with van der Waals surface area (Å²) in [5, 5.41) is 40.0. The van der Waals surface area contributed by atoms with E-state index in [1.807, 2.05) is 83.6 Å². The molecule has 0 fully saturated rings. The van der Waals surface area contributed by atoms with Crippen LogP contribution in [-0.4, -0.2) is 41.5 Å². The molecule has 4 N–H and O–H groups in total. The highest BCUT2D eigenvalue weighted by Crippen LogP contribution is 2.37. The number of para-hydroxylation sites is 1. The highest BCUT2D eigenvalue weighted by molar-refractivity contribution is 5.93.